The maximum Gasteiger partial charge on any atom is 0.267 e. The quantitative estimate of drug-likeness (QED) is 0.611. The van der Waals surface area contributed by atoms with E-state index in [1.54, 1.807) is 23.4 Å². The lowest BCUT2D eigenvalue weighted by Gasteiger charge is -2.29. The van der Waals surface area contributed by atoms with Crippen molar-refractivity contribution >= 4 is 35.1 Å². The number of benzene rings is 1. The number of aryl methyl sites for hydroxylation is 2. The molecular formula is C18H19N3O2S2. The molecule has 0 spiro atoms. The maximum atomic E-state index is 12.7. The summed E-state index contributed by atoms with van der Waals surface area (Å²) in [7, 11) is 1.73. The smallest absolute Gasteiger partial charge is 0.267 e. The van der Waals surface area contributed by atoms with Gasteiger partial charge in [0.15, 0.2) is 5.16 Å². The summed E-state index contributed by atoms with van der Waals surface area (Å²) >= 11 is 2.93. The highest BCUT2D eigenvalue weighted by atomic mass is 32.2. The molecule has 2 aliphatic heterocycles. The number of carbonyl (C=O) groups is 1. The highest BCUT2D eigenvalue weighted by molar-refractivity contribution is 8.00. The van der Waals surface area contributed by atoms with Gasteiger partial charge in [-0.05, 0) is 24.5 Å². The third-order valence-corrected chi connectivity index (χ3v) is 6.72. The Hall–Kier alpha value is -1.73. The summed E-state index contributed by atoms with van der Waals surface area (Å²) in [4.78, 5) is 32.4. The normalized spacial score (nSPS) is 15.8. The van der Waals surface area contributed by atoms with Crippen molar-refractivity contribution in [3.05, 3.63) is 45.9 Å². The minimum Gasteiger partial charge on any atom is -0.311 e. The second kappa shape index (κ2) is 6.88. The molecule has 4 rings (SSSR count). The first-order valence-electron chi connectivity index (χ1n) is 8.39. The van der Waals surface area contributed by atoms with Crippen LogP contribution in [0.15, 0.2) is 39.1 Å². The molecule has 1 aromatic carbocycles. The Labute approximate surface area is 154 Å². The summed E-state index contributed by atoms with van der Waals surface area (Å²) in [6.07, 6.45) is 2.84. The lowest BCUT2D eigenvalue weighted by Crippen LogP contribution is -2.36. The third-order valence-electron chi connectivity index (χ3n) is 4.60. The summed E-state index contributed by atoms with van der Waals surface area (Å²) < 4.78 is 1.57. The van der Waals surface area contributed by atoms with E-state index in [2.05, 4.69) is 11.1 Å². The molecule has 7 heteroatoms. The van der Waals surface area contributed by atoms with E-state index in [0.29, 0.717) is 10.9 Å². The van der Waals surface area contributed by atoms with E-state index >= 15 is 0 Å². The molecule has 25 heavy (non-hydrogen) atoms. The van der Waals surface area contributed by atoms with Gasteiger partial charge in [-0.25, -0.2) is 4.98 Å². The maximum absolute atomic E-state index is 12.7. The zero-order valence-electron chi connectivity index (χ0n) is 14.0. The van der Waals surface area contributed by atoms with Crippen molar-refractivity contribution in [3.63, 3.8) is 0 Å². The van der Waals surface area contributed by atoms with E-state index in [0.717, 1.165) is 47.8 Å². The van der Waals surface area contributed by atoms with Crippen LogP contribution in [0, 0.1) is 0 Å². The molecule has 0 saturated heterocycles. The van der Waals surface area contributed by atoms with Gasteiger partial charge in [0.1, 0.15) is 0 Å². The van der Waals surface area contributed by atoms with Gasteiger partial charge in [0.2, 0.25) is 5.91 Å². The average Bonchev–Trinajstić information content (AvgIpc) is 3.11. The van der Waals surface area contributed by atoms with Gasteiger partial charge in [0, 0.05) is 31.5 Å². The summed E-state index contributed by atoms with van der Waals surface area (Å²) in [5.41, 5.74) is 3.14. The number of aromatic nitrogens is 2. The van der Waals surface area contributed by atoms with E-state index in [1.807, 2.05) is 23.1 Å². The molecule has 0 N–H and O–H groups in total. The molecule has 0 fully saturated rings. The molecule has 3 heterocycles. The molecular weight excluding hydrogens is 354 g/mol. The number of rotatable bonds is 3. The molecule has 1 amide bonds. The predicted molar refractivity (Wildman–Crippen MR) is 102 cm³/mol. The van der Waals surface area contributed by atoms with Gasteiger partial charge in [-0.2, -0.15) is 0 Å². The average molecular weight is 374 g/mol. The Morgan fingerprint density at radius 1 is 1.32 bits per heavy atom. The Morgan fingerprint density at radius 3 is 3.04 bits per heavy atom. The summed E-state index contributed by atoms with van der Waals surface area (Å²) in [5.74, 6) is 1.27. The van der Waals surface area contributed by atoms with Crippen molar-refractivity contribution < 1.29 is 4.79 Å². The van der Waals surface area contributed by atoms with Crippen molar-refractivity contribution in [1.29, 1.82) is 0 Å². The van der Waals surface area contributed by atoms with E-state index in [9.17, 15) is 9.59 Å². The number of anilines is 1. The van der Waals surface area contributed by atoms with Crippen LogP contribution in [0.4, 0.5) is 5.69 Å². The topological polar surface area (TPSA) is 55.2 Å². The molecule has 1 aromatic heterocycles. The van der Waals surface area contributed by atoms with Crippen molar-refractivity contribution in [2.45, 2.75) is 29.3 Å². The second-order valence-electron chi connectivity index (χ2n) is 6.20. The fraction of sp³-hybridized carbons (Fsp3) is 0.389. The van der Waals surface area contributed by atoms with Crippen LogP contribution in [0.5, 0.6) is 0 Å². The fourth-order valence-corrected chi connectivity index (χ4v) is 5.23. The van der Waals surface area contributed by atoms with Gasteiger partial charge in [0.25, 0.3) is 5.56 Å². The SMILES string of the molecule is Cn1c(SCC(=O)N2CCCc3ccccc32)nc2c(c1=O)SCC2. The van der Waals surface area contributed by atoms with Crippen molar-refractivity contribution in [2.24, 2.45) is 7.05 Å². The summed E-state index contributed by atoms with van der Waals surface area (Å²) in [6, 6.07) is 8.09. The monoisotopic (exact) mass is 373 g/mol. The van der Waals surface area contributed by atoms with Crippen LogP contribution in [-0.4, -0.2) is 33.5 Å². The number of hydrogen-bond acceptors (Lipinski definition) is 5. The number of fused-ring (bicyclic) bond motifs is 2. The first-order valence-corrected chi connectivity index (χ1v) is 10.4. The fourth-order valence-electron chi connectivity index (χ4n) is 3.29. The highest BCUT2D eigenvalue weighted by Gasteiger charge is 2.24. The second-order valence-corrected chi connectivity index (χ2v) is 8.25. The van der Waals surface area contributed by atoms with Gasteiger partial charge in [-0.1, -0.05) is 30.0 Å². The number of hydrogen-bond donors (Lipinski definition) is 0. The Bertz CT molecular complexity index is 894. The van der Waals surface area contributed by atoms with Crippen LogP contribution in [0.25, 0.3) is 0 Å². The largest absolute Gasteiger partial charge is 0.311 e. The van der Waals surface area contributed by atoms with Gasteiger partial charge in [0.05, 0.1) is 16.3 Å². The van der Waals surface area contributed by atoms with E-state index in [4.69, 9.17) is 0 Å². The lowest BCUT2D eigenvalue weighted by molar-refractivity contribution is -0.116. The van der Waals surface area contributed by atoms with Crippen molar-refractivity contribution in [1.82, 2.24) is 9.55 Å². The number of para-hydroxylation sites is 1. The van der Waals surface area contributed by atoms with Crippen LogP contribution in [0.2, 0.25) is 0 Å². The van der Waals surface area contributed by atoms with Crippen LogP contribution in [-0.2, 0) is 24.7 Å². The molecule has 0 saturated carbocycles. The predicted octanol–water partition coefficient (Wildman–Crippen LogP) is 2.50. The number of carbonyl (C=O) groups excluding carboxylic acids is 1. The zero-order valence-corrected chi connectivity index (χ0v) is 15.7. The first kappa shape index (κ1) is 16.7. The number of thioether (sulfide) groups is 2. The Morgan fingerprint density at radius 2 is 2.16 bits per heavy atom. The molecule has 0 atom stereocenters. The third kappa shape index (κ3) is 3.11. The van der Waals surface area contributed by atoms with E-state index in [1.165, 1.54) is 17.3 Å². The summed E-state index contributed by atoms with van der Waals surface area (Å²) in [6.45, 7) is 0.754. The van der Waals surface area contributed by atoms with Gasteiger partial charge in [-0.3, -0.25) is 14.2 Å². The van der Waals surface area contributed by atoms with Crippen molar-refractivity contribution in [2.75, 3.05) is 23.0 Å². The number of nitrogens with zero attached hydrogens (tertiary/aromatic N) is 3. The molecule has 0 bridgehead atoms. The first-order chi connectivity index (χ1) is 12.1. The molecule has 0 radical (unpaired) electrons. The van der Waals surface area contributed by atoms with Gasteiger partial charge >= 0.3 is 0 Å². The Balaban J connectivity index is 1.52. The lowest BCUT2D eigenvalue weighted by atomic mass is 10.0. The van der Waals surface area contributed by atoms with Crippen LogP contribution < -0.4 is 10.5 Å². The molecule has 5 nitrogen and oxygen atoms in total. The van der Waals surface area contributed by atoms with E-state index in [-0.39, 0.29) is 11.5 Å². The van der Waals surface area contributed by atoms with Crippen LogP contribution in [0.1, 0.15) is 17.7 Å². The minimum absolute atomic E-state index is 0.00534. The highest BCUT2D eigenvalue weighted by Crippen LogP contribution is 2.30. The molecule has 130 valence electrons. The number of amides is 1. The molecule has 0 unspecified atom stereocenters. The van der Waals surface area contributed by atoms with Crippen LogP contribution in [0.3, 0.4) is 0 Å². The molecule has 2 aliphatic rings. The van der Waals surface area contributed by atoms with Crippen molar-refractivity contribution in [3.8, 4) is 0 Å². The standard InChI is InChI=1S/C18H19N3O2S2/c1-20-17(23)16-13(8-10-24-16)19-18(20)25-11-15(22)21-9-4-6-12-5-2-3-7-14(12)21/h2-3,5,7H,4,6,8-11H2,1H3. The summed E-state index contributed by atoms with van der Waals surface area (Å²) in [5, 5.41) is 0.630. The molecule has 2 aromatic rings. The van der Waals surface area contributed by atoms with E-state index < -0.39 is 0 Å². The van der Waals surface area contributed by atoms with Gasteiger partial charge < -0.3 is 4.90 Å². The molecule has 0 aliphatic carbocycles. The Kier molecular flexibility index (Phi) is 4.60. The minimum atomic E-state index is 0.00534. The van der Waals surface area contributed by atoms with Gasteiger partial charge in [-0.15, -0.1) is 11.8 Å². The van der Waals surface area contributed by atoms with Crippen LogP contribution >= 0.6 is 23.5 Å². The zero-order chi connectivity index (χ0) is 17.4.